The molecular formula is C4HN2S. The van der Waals surface area contributed by atoms with Crippen LogP contribution in [0, 0.1) is 16.7 Å². The fourth-order valence-corrected chi connectivity index (χ4v) is 0.640. The van der Waals surface area contributed by atoms with E-state index in [1.807, 2.05) is 6.07 Å². The lowest BCUT2D eigenvalue weighted by Crippen LogP contribution is -1.57. The van der Waals surface area contributed by atoms with Crippen molar-refractivity contribution in [3.63, 3.8) is 0 Å². The van der Waals surface area contributed by atoms with Crippen molar-refractivity contribution < 1.29 is 0 Å². The first kappa shape index (κ1) is 4.28. The van der Waals surface area contributed by atoms with Gasteiger partial charge in [-0.1, -0.05) is 0 Å². The first-order valence-corrected chi connectivity index (χ1v) is 2.43. The molecule has 1 rings (SSSR count). The van der Waals surface area contributed by atoms with Gasteiger partial charge in [-0.2, -0.15) is 9.64 Å². The summed E-state index contributed by atoms with van der Waals surface area (Å²) in [6, 6.07) is 1.90. The number of nitriles is 1. The number of rotatable bonds is 0. The predicted molar refractivity (Wildman–Crippen MR) is 25.7 cm³/mol. The van der Waals surface area contributed by atoms with Crippen LogP contribution in [0.4, 0.5) is 0 Å². The van der Waals surface area contributed by atoms with Gasteiger partial charge in [0.1, 0.15) is 6.07 Å². The Kier molecular flexibility index (Phi) is 1.05. The topological polar surface area (TPSA) is 36.7 Å². The predicted octanol–water partition coefficient (Wildman–Crippen LogP) is 0.815. The summed E-state index contributed by atoms with van der Waals surface area (Å²) in [4.78, 5) is 0. The molecular weight excluding hydrogens is 108 g/mol. The van der Waals surface area contributed by atoms with Crippen molar-refractivity contribution in [1.82, 2.24) is 4.37 Å². The molecule has 33 valence electrons. The molecule has 1 aromatic rings. The average Bonchev–Trinajstić information content (AvgIpc) is 2.14. The maximum atomic E-state index is 8.11. The largest absolute Gasteiger partial charge is 0.199 e. The number of hydrogen-bond acceptors (Lipinski definition) is 3. The summed E-state index contributed by atoms with van der Waals surface area (Å²) in [6.45, 7) is 0. The third-order valence-corrected chi connectivity index (χ3v) is 1.03. The molecule has 0 saturated carbocycles. The first-order valence-electron chi connectivity index (χ1n) is 1.66. The third-order valence-electron chi connectivity index (χ3n) is 0.511. The SMILES string of the molecule is N#Cc1[c]snc1. The third kappa shape index (κ3) is 0.756. The van der Waals surface area contributed by atoms with Gasteiger partial charge >= 0.3 is 0 Å². The molecule has 1 heterocycles. The molecule has 0 bridgehead atoms. The van der Waals surface area contributed by atoms with E-state index in [4.69, 9.17) is 5.26 Å². The standard InChI is InChI=1S/C4HN2S/c5-1-4-2-6-7-3-4/h2H. The van der Waals surface area contributed by atoms with E-state index >= 15 is 0 Å². The van der Waals surface area contributed by atoms with Gasteiger partial charge < -0.3 is 0 Å². The first-order chi connectivity index (χ1) is 3.43. The Hall–Kier alpha value is -0.880. The molecule has 1 aromatic heterocycles. The summed E-state index contributed by atoms with van der Waals surface area (Å²) in [7, 11) is 0. The number of hydrogen-bond donors (Lipinski definition) is 0. The van der Waals surface area contributed by atoms with Crippen molar-refractivity contribution in [2.45, 2.75) is 0 Å². The van der Waals surface area contributed by atoms with Crippen LogP contribution in [0.2, 0.25) is 0 Å². The van der Waals surface area contributed by atoms with Crippen molar-refractivity contribution in [3.05, 3.63) is 17.1 Å². The molecule has 0 aromatic carbocycles. The van der Waals surface area contributed by atoms with Crippen LogP contribution in [0.3, 0.4) is 0 Å². The fourth-order valence-electron chi connectivity index (χ4n) is 0.233. The summed E-state index contributed by atoms with van der Waals surface area (Å²) in [5.41, 5.74) is 0.519. The van der Waals surface area contributed by atoms with Gasteiger partial charge in [0.15, 0.2) is 0 Å². The van der Waals surface area contributed by atoms with Crippen molar-refractivity contribution in [3.8, 4) is 6.07 Å². The van der Waals surface area contributed by atoms with Crippen LogP contribution in [0.25, 0.3) is 0 Å². The molecule has 0 fully saturated rings. The maximum absolute atomic E-state index is 8.11. The van der Waals surface area contributed by atoms with E-state index in [0.717, 1.165) is 0 Å². The smallest absolute Gasteiger partial charge is 0.102 e. The van der Waals surface area contributed by atoms with Gasteiger partial charge in [-0.3, -0.25) is 0 Å². The number of aromatic nitrogens is 1. The minimum absolute atomic E-state index is 0.519. The van der Waals surface area contributed by atoms with E-state index in [1.54, 1.807) is 0 Å². The van der Waals surface area contributed by atoms with Crippen LogP contribution in [-0.4, -0.2) is 4.37 Å². The van der Waals surface area contributed by atoms with Gasteiger partial charge in [0.25, 0.3) is 0 Å². The highest BCUT2D eigenvalue weighted by molar-refractivity contribution is 7.03. The molecule has 0 saturated heterocycles. The van der Waals surface area contributed by atoms with Crippen LogP contribution in [0.1, 0.15) is 5.56 Å². The summed E-state index contributed by atoms with van der Waals surface area (Å²) in [5.74, 6) is 0. The summed E-state index contributed by atoms with van der Waals surface area (Å²) in [5, 5.41) is 10.8. The van der Waals surface area contributed by atoms with Gasteiger partial charge in [0.05, 0.1) is 17.1 Å². The molecule has 0 atom stereocenters. The Balaban J connectivity index is 3.04. The highest BCUT2D eigenvalue weighted by Gasteiger charge is 1.85. The lowest BCUT2D eigenvalue weighted by atomic mass is 10.4. The average molecular weight is 109 g/mol. The monoisotopic (exact) mass is 109 g/mol. The van der Waals surface area contributed by atoms with Gasteiger partial charge in [0.2, 0.25) is 0 Å². The molecule has 0 amide bonds. The van der Waals surface area contributed by atoms with E-state index < -0.39 is 0 Å². The van der Waals surface area contributed by atoms with Gasteiger partial charge in [0, 0.05) is 0 Å². The Morgan fingerprint density at radius 3 is 3.14 bits per heavy atom. The normalized spacial score (nSPS) is 7.86. The van der Waals surface area contributed by atoms with Crippen LogP contribution < -0.4 is 0 Å². The zero-order valence-electron chi connectivity index (χ0n) is 3.38. The Morgan fingerprint density at radius 1 is 2.00 bits per heavy atom. The van der Waals surface area contributed by atoms with Crippen LogP contribution in [0.15, 0.2) is 6.20 Å². The van der Waals surface area contributed by atoms with E-state index in [9.17, 15) is 0 Å². The van der Waals surface area contributed by atoms with E-state index in [-0.39, 0.29) is 0 Å². The second kappa shape index (κ2) is 1.71. The van der Waals surface area contributed by atoms with Crippen LogP contribution >= 0.6 is 11.5 Å². The van der Waals surface area contributed by atoms with E-state index in [1.165, 1.54) is 17.7 Å². The van der Waals surface area contributed by atoms with Crippen molar-refractivity contribution in [1.29, 1.82) is 5.26 Å². The minimum Gasteiger partial charge on any atom is -0.199 e. The maximum Gasteiger partial charge on any atom is 0.102 e. The zero-order chi connectivity index (χ0) is 5.11. The van der Waals surface area contributed by atoms with Gasteiger partial charge in [-0.15, -0.1) is 0 Å². The van der Waals surface area contributed by atoms with Crippen molar-refractivity contribution in [2.75, 3.05) is 0 Å². The molecule has 0 unspecified atom stereocenters. The van der Waals surface area contributed by atoms with Gasteiger partial charge in [-0.25, -0.2) is 0 Å². The minimum atomic E-state index is 0.519. The van der Waals surface area contributed by atoms with E-state index in [0.29, 0.717) is 5.56 Å². The Labute approximate surface area is 45.2 Å². The van der Waals surface area contributed by atoms with Crippen LogP contribution in [-0.2, 0) is 0 Å². The Bertz CT molecular complexity index is 172. The molecule has 3 heteroatoms. The highest BCUT2D eigenvalue weighted by atomic mass is 32.1. The molecule has 0 aliphatic carbocycles. The second-order valence-electron chi connectivity index (χ2n) is 0.953. The highest BCUT2D eigenvalue weighted by Crippen LogP contribution is 1.95. The molecule has 1 radical (unpaired) electrons. The fraction of sp³-hybridized carbons (Fsp3) is 0. The van der Waals surface area contributed by atoms with Crippen molar-refractivity contribution >= 4 is 11.5 Å². The summed E-state index contributed by atoms with van der Waals surface area (Å²) < 4.78 is 3.66. The lowest BCUT2D eigenvalue weighted by Gasteiger charge is -1.58. The molecule has 0 N–H and O–H groups in total. The van der Waals surface area contributed by atoms with E-state index in [2.05, 4.69) is 9.75 Å². The molecule has 2 nitrogen and oxygen atoms in total. The second-order valence-corrected chi connectivity index (χ2v) is 1.55. The quantitative estimate of drug-likeness (QED) is 0.494. The summed E-state index contributed by atoms with van der Waals surface area (Å²) >= 11 is 1.17. The van der Waals surface area contributed by atoms with Crippen LogP contribution in [0.5, 0.6) is 0 Å². The molecule has 0 aliphatic heterocycles. The summed E-state index contributed by atoms with van der Waals surface area (Å²) in [6.07, 6.45) is 1.49. The molecule has 0 aliphatic rings. The van der Waals surface area contributed by atoms with Crippen molar-refractivity contribution in [2.24, 2.45) is 0 Å². The van der Waals surface area contributed by atoms with Gasteiger partial charge in [-0.05, 0) is 11.5 Å². The Morgan fingerprint density at radius 2 is 2.86 bits per heavy atom. The molecule has 0 spiro atoms. The number of nitrogens with zero attached hydrogens (tertiary/aromatic N) is 2. The lowest BCUT2D eigenvalue weighted by molar-refractivity contribution is 1.47. The molecule has 7 heavy (non-hydrogen) atoms. The zero-order valence-corrected chi connectivity index (χ0v) is 4.20.